The average Bonchev–Trinajstić information content (AvgIpc) is 2.01. The summed E-state index contributed by atoms with van der Waals surface area (Å²) in [7, 11) is 1.43. The van der Waals surface area contributed by atoms with Crippen LogP contribution in [-0.2, 0) is 18.7 Å². The fourth-order valence-corrected chi connectivity index (χ4v) is 0.167. The standard InChI is InChI=1S/C4H10O2.C2H3.3BrH.Mo/c1-5-3-4-6-2;1-2;;;;/h3-4H2,1-2H3;1H3;3*1H;/q;;;;;+3/p-3. The first-order valence-corrected chi connectivity index (χ1v) is 17.8. The van der Waals surface area contributed by atoms with Gasteiger partial charge in [0.25, 0.3) is 0 Å². The monoisotopic (exact) mass is 452 g/mol. The van der Waals surface area contributed by atoms with Crippen LogP contribution in [0.15, 0.2) is 0 Å². The Bertz CT molecular complexity index is 170. The van der Waals surface area contributed by atoms with Gasteiger partial charge in [-0.1, -0.05) is 0 Å². The molecule has 0 aliphatic rings. The van der Waals surface area contributed by atoms with Gasteiger partial charge >= 0.3 is 60.2 Å². The average molecular weight is 453 g/mol. The fourth-order valence-electron chi connectivity index (χ4n) is 0.167. The second-order valence-corrected chi connectivity index (χ2v) is 37.3. The van der Waals surface area contributed by atoms with E-state index in [4.69, 9.17) is 0 Å². The molecule has 0 saturated heterocycles. The quantitative estimate of drug-likeness (QED) is 0.483. The van der Waals surface area contributed by atoms with E-state index in [2.05, 4.69) is 53.6 Å². The van der Waals surface area contributed by atoms with Crippen molar-refractivity contribution in [2.24, 2.45) is 0 Å². The van der Waals surface area contributed by atoms with Crippen LogP contribution in [0.25, 0.3) is 0 Å². The van der Waals surface area contributed by atoms with E-state index in [9.17, 15) is 0 Å². The zero-order chi connectivity index (χ0) is 10.0. The van der Waals surface area contributed by atoms with Crippen molar-refractivity contribution < 1.29 is 18.7 Å². The number of rotatable bonds is 3. The second-order valence-electron chi connectivity index (χ2n) is 1.60. The van der Waals surface area contributed by atoms with Crippen LogP contribution >= 0.6 is 39.9 Å². The van der Waals surface area contributed by atoms with Crippen molar-refractivity contribution in [3.8, 4) is 4.20 Å². The van der Waals surface area contributed by atoms with Crippen LogP contribution in [0, 0.1) is 4.20 Å². The van der Waals surface area contributed by atoms with E-state index in [0.717, 1.165) is 0 Å². The molecule has 0 aliphatic heterocycles. The molecule has 76 valence electrons. The van der Waals surface area contributed by atoms with Gasteiger partial charge in [-0.3, -0.25) is 0 Å². The molecule has 0 bridgehead atoms. The first-order valence-electron chi connectivity index (χ1n) is 3.06. The molecule has 0 spiro atoms. The fraction of sp³-hybridized carbons (Fsp3) is 0.833. The van der Waals surface area contributed by atoms with E-state index in [1.807, 2.05) is 6.92 Å². The Hall–Kier alpha value is 1.83. The van der Waals surface area contributed by atoms with Crippen molar-refractivity contribution in [3.63, 3.8) is 0 Å². The normalized spacial score (nSPS) is 9.83. The SMILES string of the molecule is COCCOC.C[C]#[Mo]([Br])([Br])[Br]. The molecular weight excluding hydrogens is 440 g/mol. The van der Waals surface area contributed by atoms with Crippen molar-refractivity contribution in [2.45, 2.75) is 6.92 Å². The Labute approximate surface area is 96.1 Å². The van der Waals surface area contributed by atoms with Crippen molar-refractivity contribution in [2.75, 3.05) is 27.4 Å². The van der Waals surface area contributed by atoms with Gasteiger partial charge in [0.15, 0.2) is 0 Å². The van der Waals surface area contributed by atoms with Crippen LogP contribution < -0.4 is 0 Å². The van der Waals surface area contributed by atoms with Gasteiger partial charge in [0.1, 0.15) is 0 Å². The van der Waals surface area contributed by atoms with Crippen LogP contribution in [0.5, 0.6) is 0 Å². The molecule has 0 aromatic rings. The van der Waals surface area contributed by atoms with Gasteiger partial charge in [0, 0.05) is 14.2 Å². The summed E-state index contributed by atoms with van der Waals surface area (Å²) in [5.41, 5.74) is 0. The van der Waals surface area contributed by atoms with Gasteiger partial charge in [-0.05, 0) is 0 Å². The number of hydrogen-bond donors (Lipinski definition) is 0. The van der Waals surface area contributed by atoms with Gasteiger partial charge in [-0.2, -0.15) is 0 Å². The molecule has 0 N–H and O–H groups in total. The first-order chi connectivity index (χ1) is 5.47. The third-order valence-electron chi connectivity index (χ3n) is 0.723. The van der Waals surface area contributed by atoms with Gasteiger partial charge in [-0.15, -0.1) is 0 Å². The third kappa shape index (κ3) is 22.6. The Morgan fingerprint density at radius 1 is 1.08 bits per heavy atom. The molecule has 0 radical (unpaired) electrons. The summed E-state index contributed by atoms with van der Waals surface area (Å²) in [6.07, 6.45) is 0. The Morgan fingerprint density at radius 3 is 1.42 bits per heavy atom. The molecule has 0 rings (SSSR count). The summed E-state index contributed by atoms with van der Waals surface area (Å²) in [4.78, 5) is 0. The molecule has 0 amide bonds. The summed E-state index contributed by atoms with van der Waals surface area (Å²) in [5.74, 6) is 0. The molecule has 0 heterocycles. The van der Waals surface area contributed by atoms with Gasteiger partial charge in [-0.25, -0.2) is 0 Å². The third-order valence-corrected chi connectivity index (χ3v) is 7.61. The van der Waals surface area contributed by atoms with E-state index < -0.39 is 9.23 Å². The van der Waals surface area contributed by atoms with E-state index in [1.165, 1.54) is 0 Å². The predicted molar refractivity (Wildman–Crippen MR) is 60.1 cm³/mol. The Morgan fingerprint density at radius 2 is 1.33 bits per heavy atom. The Kier molecular flexibility index (Phi) is 14.8. The van der Waals surface area contributed by atoms with Crippen molar-refractivity contribution in [1.82, 2.24) is 0 Å². The number of halogens is 3. The zero-order valence-corrected chi connectivity index (χ0v) is 14.0. The molecule has 0 aromatic carbocycles. The molecule has 0 unspecified atom stereocenters. The zero-order valence-electron chi connectivity index (χ0n) is 7.27. The molecule has 6 heteroatoms. The first kappa shape index (κ1) is 16.3. The second kappa shape index (κ2) is 10.9. The number of methoxy groups -OCH3 is 2. The van der Waals surface area contributed by atoms with Crippen LogP contribution in [0.1, 0.15) is 6.92 Å². The van der Waals surface area contributed by atoms with Gasteiger partial charge in [0.2, 0.25) is 0 Å². The molecule has 0 aromatic heterocycles. The summed E-state index contributed by atoms with van der Waals surface area (Å²) >= 11 is 10.2. The van der Waals surface area contributed by atoms with Crippen LogP contribution in [-0.4, -0.2) is 27.4 Å². The maximum absolute atomic E-state index is 4.66. The molecule has 0 fully saturated rings. The van der Waals surface area contributed by atoms with Gasteiger partial charge < -0.3 is 9.47 Å². The van der Waals surface area contributed by atoms with E-state index in [0.29, 0.717) is 13.2 Å². The minimum absolute atomic E-state index is 0.691. The van der Waals surface area contributed by atoms with Crippen LogP contribution in [0.4, 0.5) is 0 Å². The molecule has 12 heavy (non-hydrogen) atoms. The summed E-state index contributed by atoms with van der Waals surface area (Å²) < 4.78 is 12.4. The maximum atomic E-state index is 4.66. The van der Waals surface area contributed by atoms with E-state index >= 15 is 0 Å². The van der Waals surface area contributed by atoms with E-state index in [1.54, 1.807) is 14.2 Å². The molecule has 0 saturated carbocycles. The topological polar surface area (TPSA) is 18.5 Å². The molecule has 0 atom stereocenters. The van der Waals surface area contributed by atoms with Gasteiger partial charge in [0.05, 0.1) is 13.2 Å². The summed E-state index contributed by atoms with van der Waals surface area (Å²) in [6.45, 7) is 3.28. The van der Waals surface area contributed by atoms with Crippen LogP contribution in [0.2, 0.25) is 0 Å². The number of hydrogen-bond acceptors (Lipinski definition) is 2. The summed E-state index contributed by atoms with van der Waals surface area (Å²) in [5, 5.41) is 0. The minimum atomic E-state index is -1.88. The Balaban J connectivity index is 0. The van der Waals surface area contributed by atoms with Crippen molar-refractivity contribution in [1.29, 1.82) is 0 Å². The number of ether oxygens (including phenoxy) is 2. The molecule has 2 nitrogen and oxygen atoms in total. The van der Waals surface area contributed by atoms with Crippen molar-refractivity contribution >= 4 is 39.9 Å². The summed E-state index contributed by atoms with van der Waals surface area (Å²) in [6, 6.07) is 0. The van der Waals surface area contributed by atoms with Crippen LogP contribution in [0.3, 0.4) is 0 Å². The van der Waals surface area contributed by atoms with Crippen molar-refractivity contribution in [3.05, 3.63) is 0 Å². The molecular formula is C6H13Br3MoO2. The molecule has 0 aliphatic carbocycles. The predicted octanol–water partition coefficient (Wildman–Crippen LogP) is 3.33. The van der Waals surface area contributed by atoms with E-state index in [-0.39, 0.29) is 0 Å².